The number of hydrogen-bond donors (Lipinski definition) is 1. The molecule has 2 rings (SSSR count). The van der Waals surface area contributed by atoms with E-state index in [4.69, 9.17) is 4.74 Å². The molecule has 108 valence electrons. The van der Waals surface area contributed by atoms with Crippen molar-refractivity contribution in [3.8, 4) is 0 Å². The largest absolute Gasteiger partial charge is 0.462 e. The quantitative estimate of drug-likeness (QED) is 0.634. The molecule has 2 aromatic rings. The van der Waals surface area contributed by atoms with Gasteiger partial charge in [-0.1, -0.05) is 12.1 Å². The lowest BCUT2D eigenvalue weighted by Crippen LogP contribution is -2.13. The monoisotopic (exact) mass is 395 g/mol. The van der Waals surface area contributed by atoms with Gasteiger partial charge in [-0.15, -0.1) is 0 Å². The summed E-state index contributed by atoms with van der Waals surface area (Å²) in [4.78, 5) is 23.7. The van der Waals surface area contributed by atoms with E-state index in [-0.39, 0.29) is 11.9 Å². The zero-order chi connectivity index (χ0) is 15.2. The summed E-state index contributed by atoms with van der Waals surface area (Å²) in [5.41, 5.74) is 1.71. The van der Waals surface area contributed by atoms with Gasteiger partial charge in [0.05, 0.1) is 17.7 Å². The molecule has 0 aromatic heterocycles. The molecule has 5 heteroatoms. The molecular formula is C16H14INO3. The van der Waals surface area contributed by atoms with E-state index in [1.807, 2.05) is 18.2 Å². The highest BCUT2D eigenvalue weighted by Crippen LogP contribution is 2.15. The highest BCUT2D eigenvalue weighted by Gasteiger charge is 2.10. The van der Waals surface area contributed by atoms with Gasteiger partial charge in [0.25, 0.3) is 5.91 Å². The highest BCUT2D eigenvalue weighted by atomic mass is 127. The normalized spacial score (nSPS) is 10.0. The molecule has 0 aliphatic carbocycles. The maximum Gasteiger partial charge on any atom is 0.338 e. The van der Waals surface area contributed by atoms with Crippen LogP contribution in [0, 0.1) is 3.57 Å². The van der Waals surface area contributed by atoms with Gasteiger partial charge in [-0.3, -0.25) is 4.79 Å². The molecule has 0 heterocycles. The molecule has 0 bridgehead atoms. The molecular weight excluding hydrogens is 381 g/mol. The van der Waals surface area contributed by atoms with Gasteiger partial charge in [0.2, 0.25) is 0 Å². The smallest absolute Gasteiger partial charge is 0.338 e. The molecule has 1 amide bonds. The van der Waals surface area contributed by atoms with Crippen molar-refractivity contribution < 1.29 is 14.3 Å². The van der Waals surface area contributed by atoms with Gasteiger partial charge in [0.1, 0.15) is 0 Å². The molecule has 0 aliphatic rings. The van der Waals surface area contributed by atoms with Crippen LogP contribution in [0.2, 0.25) is 0 Å². The number of ether oxygens (including phenoxy) is 1. The summed E-state index contributed by atoms with van der Waals surface area (Å²) in [5, 5.41) is 2.80. The number of carbonyl (C=O) groups excluding carboxylic acids is 2. The summed E-state index contributed by atoms with van der Waals surface area (Å²) in [7, 11) is 0. The fraction of sp³-hybridized carbons (Fsp3) is 0.125. The third-order valence-corrected chi connectivity index (χ3v) is 3.71. The first kappa shape index (κ1) is 15.5. The molecule has 0 aliphatic heterocycles. The van der Waals surface area contributed by atoms with Crippen molar-refractivity contribution in [2.45, 2.75) is 6.92 Å². The van der Waals surface area contributed by atoms with E-state index in [1.54, 1.807) is 37.3 Å². The minimum Gasteiger partial charge on any atom is -0.462 e. The number of nitrogens with one attached hydrogen (secondary N) is 1. The van der Waals surface area contributed by atoms with Crippen LogP contribution in [0.25, 0.3) is 0 Å². The number of carbonyl (C=O) groups is 2. The molecule has 1 N–H and O–H groups in total. The lowest BCUT2D eigenvalue weighted by Gasteiger charge is -2.07. The summed E-state index contributed by atoms with van der Waals surface area (Å²) < 4.78 is 5.79. The third kappa shape index (κ3) is 4.04. The second kappa shape index (κ2) is 7.21. The van der Waals surface area contributed by atoms with Gasteiger partial charge in [-0.05, 0) is 65.9 Å². The third-order valence-electron chi connectivity index (χ3n) is 2.77. The lowest BCUT2D eigenvalue weighted by molar-refractivity contribution is 0.0526. The van der Waals surface area contributed by atoms with Crippen LogP contribution in [0.3, 0.4) is 0 Å². The van der Waals surface area contributed by atoms with Crippen LogP contribution in [0.15, 0.2) is 48.5 Å². The number of rotatable bonds is 4. The average molecular weight is 395 g/mol. The summed E-state index contributed by atoms with van der Waals surface area (Å²) >= 11 is 2.12. The van der Waals surface area contributed by atoms with Crippen LogP contribution in [0.5, 0.6) is 0 Å². The number of benzene rings is 2. The Morgan fingerprint density at radius 2 is 1.76 bits per heavy atom. The number of esters is 1. The lowest BCUT2D eigenvalue weighted by atomic mass is 10.2. The summed E-state index contributed by atoms with van der Waals surface area (Å²) in [6, 6.07) is 14.0. The van der Waals surface area contributed by atoms with E-state index >= 15 is 0 Å². The second-order valence-corrected chi connectivity index (χ2v) is 5.39. The van der Waals surface area contributed by atoms with Crippen LogP contribution in [-0.4, -0.2) is 18.5 Å². The van der Waals surface area contributed by atoms with E-state index in [9.17, 15) is 9.59 Å². The Morgan fingerprint density at radius 1 is 1.10 bits per heavy atom. The first-order chi connectivity index (χ1) is 10.1. The van der Waals surface area contributed by atoms with Crippen molar-refractivity contribution >= 4 is 40.2 Å². The average Bonchev–Trinajstić information content (AvgIpc) is 2.48. The van der Waals surface area contributed by atoms with Gasteiger partial charge in [-0.25, -0.2) is 4.79 Å². The molecule has 21 heavy (non-hydrogen) atoms. The van der Waals surface area contributed by atoms with E-state index in [0.29, 0.717) is 23.4 Å². The van der Waals surface area contributed by atoms with Crippen LogP contribution in [0.4, 0.5) is 5.69 Å². The summed E-state index contributed by atoms with van der Waals surface area (Å²) in [6.07, 6.45) is 0. The zero-order valence-electron chi connectivity index (χ0n) is 11.4. The van der Waals surface area contributed by atoms with Crippen molar-refractivity contribution in [1.29, 1.82) is 0 Å². The number of hydrogen-bond acceptors (Lipinski definition) is 3. The standard InChI is InChI=1S/C16H14INO3/c1-2-21-16(20)11-7-9-12(10-8-11)18-15(19)13-5-3-4-6-14(13)17/h3-10H,2H2,1H3,(H,18,19). The van der Waals surface area contributed by atoms with Crippen molar-refractivity contribution in [2.75, 3.05) is 11.9 Å². The van der Waals surface area contributed by atoms with E-state index in [1.165, 1.54) is 0 Å². The Bertz CT molecular complexity index is 653. The first-order valence-electron chi connectivity index (χ1n) is 6.45. The number of anilines is 1. The highest BCUT2D eigenvalue weighted by molar-refractivity contribution is 14.1. The maximum atomic E-state index is 12.1. The van der Waals surface area contributed by atoms with Gasteiger partial charge < -0.3 is 10.1 Å². The van der Waals surface area contributed by atoms with E-state index in [0.717, 1.165) is 3.57 Å². The Hall–Kier alpha value is -1.89. The number of amides is 1. The van der Waals surface area contributed by atoms with Crippen LogP contribution < -0.4 is 5.32 Å². The Morgan fingerprint density at radius 3 is 2.38 bits per heavy atom. The van der Waals surface area contributed by atoms with Gasteiger partial charge in [-0.2, -0.15) is 0 Å². The molecule has 0 unspecified atom stereocenters. The maximum absolute atomic E-state index is 12.1. The predicted octanol–water partition coefficient (Wildman–Crippen LogP) is 3.72. The molecule has 0 saturated heterocycles. The van der Waals surface area contributed by atoms with Gasteiger partial charge in [0.15, 0.2) is 0 Å². The predicted molar refractivity (Wildman–Crippen MR) is 89.5 cm³/mol. The molecule has 0 fully saturated rings. The fourth-order valence-corrected chi connectivity index (χ4v) is 2.38. The Kier molecular flexibility index (Phi) is 5.32. The van der Waals surface area contributed by atoms with Gasteiger partial charge >= 0.3 is 5.97 Å². The van der Waals surface area contributed by atoms with Crippen LogP contribution in [0.1, 0.15) is 27.6 Å². The topological polar surface area (TPSA) is 55.4 Å². The molecule has 4 nitrogen and oxygen atoms in total. The number of halogens is 1. The first-order valence-corrected chi connectivity index (χ1v) is 7.52. The molecule has 0 spiro atoms. The Labute approximate surface area is 136 Å². The fourth-order valence-electron chi connectivity index (χ4n) is 1.75. The van der Waals surface area contributed by atoms with E-state index < -0.39 is 0 Å². The molecule has 0 radical (unpaired) electrons. The SMILES string of the molecule is CCOC(=O)c1ccc(NC(=O)c2ccccc2I)cc1. The van der Waals surface area contributed by atoms with Crippen LogP contribution >= 0.6 is 22.6 Å². The van der Waals surface area contributed by atoms with Crippen molar-refractivity contribution in [3.63, 3.8) is 0 Å². The van der Waals surface area contributed by atoms with Gasteiger partial charge in [0, 0.05) is 9.26 Å². The van der Waals surface area contributed by atoms with Crippen molar-refractivity contribution in [2.24, 2.45) is 0 Å². The zero-order valence-corrected chi connectivity index (χ0v) is 13.6. The van der Waals surface area contributed by atoms with E-state index in [2.05, 4.69) is 27.9 Å². The second-order valence-electron chi connectivity index (χ2n) is 4.23. The minimum absolute atomic E-state index is 0.177. The Balaban J connectivity index is 2.09. The van der Waals surface area contributed by atoms with Crippen LogP contribution in [-0.2, 0) is 4.74 Å². The van der Waals surface area contributed by atoms with Crippen molar-refractivity contribution in [3.05, 3.63) is 63.2 Å². The molecule has 0 atom stereocenters. The summed E-state index contributed by atoms with van der Waals surface area (Å²) in [5.74, 6) is -0.545. The molecule has 0 saturated carbocycles. The molecule has 2 aromatic carbocycles. The van der Waals surface area contributed by atoms with Crippen molar-refractivity contribution in [1.82, 2.24) is 0 Å². The minimum atomic E-state index is -0.368. The summed E-state index contributed by atoms with van der Waals surface area (Å²) in [6.45, 7) is 2.09.